The minimum atomic E-state index is -0.441. The van der Waals surface area contributed by atoms with Crippen molar-refractivity contribution in [2.75, 3.05) is 0 Å². The van der Waals surface area contributed by atoms with E-state index in [-0.39, 0.29) is 18.2 Å². The summed E-state index contributed by atoms with van der Waals surface area (Å²) < 4.78 is 10.5. The summed E-state index contributed by atoms with van der Waals surface area (Å²) >= 11 is 0. The summed E-state index contributed by atoms with van der Waals surface area (Å²) in [6.45, 7) is 5.57. The van der Waals surface area contributed by atoms with E-state index in [9.17, 15) is 4.79 Å². The maximum atomic E-state index is 11.6. The molecule has 0 bridgehead atoms. The van der Waals surface area contributed by atoms with E-state index in [0.29, 0.717) is 5.57 Å². The molecular weight excluding hydrogens is 180 g/mol. The van der Waals surface area contributed by atoms with Crippen LogP contribution in [-0.2, 0) is 14.3 Å². The standard InChI is InChI=1S/C11H14O3/c1-11(2,3)14-10(12)7-5-4-6-8-9(7)13-8/h4-6,8-9H,1-3H3. The number of fused-ring (bicyclic) bond motifs is 1. The molecule has 0 aromatic heterocycles. The molecule has 0 spiro atoms. The van der Waals surface area contributed by atoms with Crippen LogP contribution in [0.1, 0.15) is 20.8 Å². The Morgan fingerprint density at radius 1 is 1.50 bits per heavy atom. The lowest BCUT2D eigenvalue weighted by Gasteiger charge is -2.20. The molecule has 14 heavy (non-hydrogen) atoms. The van der Waals surface area contributed by atoms with Gasteiger partial charge in [0.1, 0.15) is 17.8 Å². The Hall–Kier alpha value is -1.09. The van der Waals surface area contributed by atoms with Crippen molar-refractivity contribution in [3.05, 3.63) is 23.8 Å². The second-order valence-electron chi connectivity index (χ2n) is 4.53. The molecule has 0 N–H and O–H groups in total. The Morgan fingerprint density at radius 2 is 2.21 bits per heavy atom. The maximum Gasteiger partial charge on any atom is 0.337 e. The number of hydrogen-bond donors (Lipinski definition) is 0. The highest BCUT2D eigenvalue weighted by molar-refractivity contribution is 5.91. The minimum Gasteiger partial charge on any atom is -0.457 e. The van der Waals surface area contributed by atoms with E-state index in [2.05, 4.69) is 0 Å². The molecular formula is C11H14O3. The summed E-state index contributed by atoms with van der Waals surface area (Å²) in [6, 6.07) is 0. The van der Waals surface area contributed by atoms with Crippen LogP contribution in [0.15, 0.2) is 23.8 Å². The largest absolute Gasteiger partial charge is 0.457 e. The number of carbonyl (C=O) groups is 1. The first-order valence-electron chi connectivity index (χ1n) is 4.74. The van der Waals surface area contributed by atoms with Crippen molar-refractivity contribution >= 4 is 5.97 Å². The maximum absolute atomic E-state index is 11.6. The molecule has 76 valence electrons. The van der Waals surface area contributed by atoms with Gasteiger partial charge in [0.25, 0.3) is 0 Å². The molecule has 1 aliphatic carbocycles. The van der Waals surface area contributed by atoms with Gasteiger partial charge in [0.15, 0.2) is 0 Å². The number of epoxide rings is 1. The molecule has 2 rings (SSSR count). The summed E-state index contributed by atoms with van der Waals surface area (Å²) in [5.41, 5.74) is 0.191. The van der Waals surface area contributed by atoms with Crippen molar-refractivity contribution in [1.29, 1.82) is 0 Å². The smallest absolute Gasteiger partial charge is 0.337 e. The predicted molar refractivity (Wildman–Crippen MR) is 51.7 cm³/mol. The molecule has 0 amide bonds. The number of rotatable bonds is 1. The van der Waals surface area contributed by atoms with Crippen LogP contribution in [0.3, 0.4) is 0 Å². The summed E-state index contributed by atoms with van der Waals surface area (Å²) in [6.07, 6.45) is 5.59. The van der Waals surface area contributed by atoms with Crippen LogP contribution in [0.4, 0.5) is 0 Å². The number of ether oxygens (including phenoxy) is 2. The molecule has 3 heteroatoms. The SMILES string of the molecule is CC(C)(C)OC(=O)C1=CC=CC2OC12. The third-order valence-corrected chi connectivity index (χ3v) is 2.04. The molecule has 0 aromatic rings. The molecule has 2 atom stereocenters. The first-order chi connectivity index (χ1) is 6.47. The lowest BCUT2D eigenvalue weighted by molar-refractivity contribution is -0.150. The van der Waals surface area contributed by atoms with Crippen LogP contribution in [0.25, 0.3) is 0 Å². The number of hydrogen-bond acceptors (Lipinski definition) is 3. The number of carbonyl (C=O) groups excluding carboxylic acids is 1. The number of esters is 1. The van der Waals surface area contributed by atoms with Crippen molar-refractivity contribution in [3.8, 4) is 0 Å². The second kappa shape index (κ2) is 2.95. The fourth-order valence-corrected chi connectivity index (χ4v) is 1.41. The van der Waals surface area contributed by atoms with Crippen molar-refractivity contribution in [3.63, 3.8) is 0 Å². The van der Waals surface area contributed by atoms with E-state index in [0.717, 1.165) is 0 Å². The van der Waals surface area contributed by atoms with Crippen LogP contribution in [-0.4, -0.2) is 23.8 Å². The average Bonchev–Trinajstić information content (AvgIpc) is 2.77. The number of allylic oxidation sites excluding steroid dienone is 2. The van der Waals surface area contributed by atoms with E-state index in [4.69, 9.17) is 9.47 Å². The lowest BCUT2D eigenvalue weighted by Crippen LogP contribution is -2.26. The van der Waals surface area contributed by atoms with Gasteiger partial charge in [-0.3, -0.25) is 0 Å². The molecule has 1 saturated heterocycles. The Balaban J connectivity index is 2.05. The molecule has 0 saturated carbocycles. The molecule has 0 radical (unpaired) electrons. The molecule has 3 nitrogen and oxygen atoms in total. The van der Waals surface area contributed by atoms with Gasteiger partial charge < -0.3 is 9.47 Å². The lowest BCUT2D eigenvalue weighted by atomic mass is 10.1. The van der Waals surface area contributed by atoms with E-state index in [1.165, 1.54) is 0 Å². The van der Waals surface area contributed by atoms with Crippen molar-refractivity contribution < 1.29 is 14.3 Å². The molecule has 1 heterocycles. The van der Waals surface area contributed by atoms with Crippen LogP contribution < -0.4 is 0 Å². The van der Waals surface area contributed by atoms with Gasteiger partial charge in [-0.25, -0.2) is 4.79 Å². The molecule has 2 unspecified atom stereocenters. The van der Waals surface area contributed by atoms with Crippen LogP contribution in [0.5, 0.6) is 0 Å². The van der Waals surface area contributed by atoms with Gasteiger partial charge in [-0.05, 0) is 26.8 Å². The highest BCUT2D eigenvalue weighted by Gasteiger charge is 2.44. The van der Waals surface area contributed by atoms with Gasteiger partial charge in [-0.1, -0.05) is 12.2 Å². The zero-order chi connectivity index (χ0) is 10.3. The van der Waals surface area contributed by atoms with E-state index in [1.807, 2.05) is 32.9 Å². The zero-order valence-corrected chi connectivity index (χ0v) is 8.61. The van der Waals surface area contributed by atoms with Gasteiger partial charge in [0, 0.05) is 0 Å². The van der Waals surface area contributed by atoms with Crippen LogP contribution in [0, 0.1) is 0 Å². The van der Waals surface area contributed by atoms with Crippen LogP contribution in [0.2, 0.25) is 0 Å². The zero-order valence-electron chi connectivity index (χ0n) is 8.61. The first kappa shape index (κ1) is 9.46. The fraction of sp³-hybridized carbons (Fsp3) is 0.545. The Morgan fingerprint density at radius 3 is 2.86 bits per heavy atom. The minimum absolute atomic E-state index is 0.0603. The van der Waals surface area contributed by atoms with E-state index >= 15 is 0 Å². The Labute approximate surface area is 83.4 Å². The normalized spacial score (nSPS) is 29.2. The van der Waals surface area contributed by atoms with Crippen LogP contribution >= 0.6 is 0 Å². The van der Waals surface area contributed by atoms with Gasteiger partial charge in [-0.15, -0.1) is 0 Å². The monoisotopic (exact) mass is 194 g/mol. The van der Waals surface area contributed by atoms with Gasteiger partial charge >= 0.3 is 5.97 Å². The van der Waals surface area contributed by atoms with Gasteiger partial charge in [0.2, 0.25) is 0 Å². The summed E-state index contributed by atoms with van der Waals surface area (Å²) in [7, 11) is 0. The second-order valence-corrected chi connectivity index (χ2v) is 4.53. The molecule has 1 fully saturated rings. The highest BCUT2D eigenvalue weighted by atomic mass is 16.6. The summed E-state index contributed by atoms with van der Waals surface area (Å²) in [5.74, 6) is -0.269. The van der Waals surface area contributed by atoms with E-state index in [1.54, 1.807) is 6.08 Å². The third kappa shape index (κ3) is 1.87. The topological polar surface area (TPSA) is 38.8 Å². The highest BCUT2D eigenvalue weighted by Crippen LogP contribution is 2.34. The van der Waals surface area contributed by atoms with Crippen molar-refractivity contribution in [1.82, 2.24) is 0 Å². The van der Waals surface area contributed by atoms with Gasteiger partial charge in [0.05, 0.1) is 5.57 Å². The summed E-state index contributed by atoms with van der Waals surface area (Å²) in [5, 5.41) is 0. The fourth-order valence-electron chi connectivity index (χ4n) is 1.41. The first-order valence-corrected chi connectivity index (χ1v) is 4.74. The molecule has 2 aliphatic rings. The van der Waals surface area contributed by atoms with Crippen molar-refractivity contribution in [2.45, 2.75) is 38.6 Å². The predicted octanol–water partition coefficient (Wildman–Crippen LogP) is 1.59. The Kier molecular flexibility index (Phi) is 2.00. The average molecular weight is 194 g/mol. The molecule has 1 aliphatic heterocycles. The third-order valence-electron chi connectivity index (χ3n) is 2.04. The van der Waals surface area contributed by atoms with E-state index < -0.39 is 5.60 Å². The quantitative estimate of drug-likeness (QED) is 0.470. The molecule has 0 aromatic carbocycles. The van der Waals surface area contributed by atoms with Gasteiger partial charge in [-0.2, -0.15) is 0 Å². The van der Waals surface area contributed by atoms with Crippen molar-refractivity contribution in [2.24, 2.45) is 0 Å². The summed E-state index contributed by atoms with van der Waals surface area (Å²) in [4.78, 5) is 11.6. The Bertz CT molecular complexity index is 320.